The Bertz CT molecular complexity index is 632. The van der Waals surface area contributed by atoms with Gasteiger partial charge in [0.25, 0.3) is 0 Å². The van der Waals surface area contributed by atoms with Crippen LogP contribution in [0.2, 0.25) is 0 Å². The molecule has 1 unspecified atom stereocenters. The molecule has 0 aliphatic heterocycles. The van der Waals surface area contributed by atoms with Crippen molar-refractivity contribution >= 4 is 0 Å². The van der Waals surface area contributed by atoms with Gasteiger partial charge >= 0.3 is 0 Å². The van der Waals surface area contributed by atoms with Crippen molar-refractivity contribution in [1.82, 2.24) is 0 Å². The molecule has 0 aliphatic carbocycles. The van der Waals surface area contributed by atoms with Crippen LogP contribution in [0.3, 0.4) is 0 Å². The summed E-state index contributed by atoms with van der Waals surface area (Å²) in [5.41, 5.74) is 6.88. The standard InChI is InChI=1S/C15H13FN2O/c1-10(18)14-8-12(16)5-6-15(14)19-13-4-2-3-11(7-13)9-17/h2-8,10H,18H2,1H3. The molecule has 4 heteroatoms. The summed E-state index contributed by atoms with van der Waals surface area (Å²) in [6, 6.07) is 12.7. The molecule has 1 atom stereocenters. The second kappa shape index (κ2) is 5.51. The van der Waals surface area contributed by atoms with Crippen LogP contribution >= 0.6 is 0 Å². The van der Waals surface area contributed by atoms with E-state index in [0.29, 0.717) is 22.6 Å². The smallest absolute Gasteiger partial charge is 0.132 e. The molecule has 0 fully saturated rings. The van der Waals surface area contributed by atoms with Crippen LogP contribution in [0.4, 0.5) is 4.39 Å². The minimum atomic E-state index is -0.356. The Hall–Kier alpha value is -2.38. The van der Waals surface area contributed by atoms with Crippen molar-refractivity contribution in [2.45, 2.75) is 13.0 Å². The molecule has 0 heterocycles. The first-order valence-electron chi connectivity index (χ1n) is 5.83. The molecular formula is C15H13FN2O. The molecule has 0 aliphatic rings. The summed E-state index contributed by atoms with van der Waals surface area (Å²) in [4.78, 5) is 0. The third kappa shape index (κ3) is 3.09. The molecule has 2 N–H and O–H groups in total. The Morgan fingerprint density at radius 1 is 1.26 bits per heavy atom. The summed E-state index contributed by atoms with van der Waals surface area (Å²) >= 11 is 0. The fourth-order valence-corrected chi connectivity index (χ4v) is 1.72. The van der Waals surface area contributed by atoms with Crippen LogP contribution in [0.15, 0.2) is 42.5 Å². The number of halogens is 1. The SMILES string of the molecule is CC(N)c1cc(F)ccc1Oc1cccc(C#N)c1. The molecule has 0 saturated heterocycles. The maximum absolute atomic E-state index is 13.2. The second-order valence-electron chi connectivity index (χ2n) is 4.21. The lowest BCUT2D eigenvalue weighted by atomic mass is 10.1. The number of hydrogen-bond donors (Lipinski definition) is 1. The number of benzene rings is 2. The Balaban J connectivity index is 2.35. The predicted octanol–water partition coefficient (Wildman–Crippen LogP) is 3.51. The number of nitrogens with two attached hydrogens (primary N) is 1. The van der Waals surface area contributed by atoms with E-state index in [1.54, 1.807) is 31.2 Å². The van der Waals surface area contributed by atoms with E-state index in [4.69, 9.17) is 15.7 Å². The number of nitrogens with zero attached hydrogens (tertiary/aromatic N) is 1. The zero-order valence-corrected chi connectivity index (χ0v) is 10.4. The highest BCUT2D eigenvalue weighted by Gasteiger charge is 2.10. The average Bonchev–Trinajstić information content (AvgIpc) is 2.41. The van der Waals surface area contributed by atoms with Gasteiger partial charge in [0.05, 0.1) is 11.6 Å². The van der Waals surface area contributed by atoms with Gasteiger partial charge < -0.3 is 10.5 Å². The molecule has 0 bridgehead atoms. The lowest BCUT2D eigenvalue weighted by Crippen LogP contribution is -2.07. The fraction of sp³-hybridized carbons (Fsp3) is 0.133. The van der Waals surface area contributed by atoms with Crippen molar-refractivity contribution in [3.8, 4) is 17.6 Å². The zero-order chi connectivity index (χ0) is 13.8. The second-order valence-corrected chi connectivity index (χ2v) is 4.21. The Labute approximate surface area is 111 Å². The van der Waals surface area contributed by atoms with Gasteiger partial charge in [-0.25, -0.2) is 4.39 Å². The van der Waals surface area contributed by atoms with Gasteiger partial charge in [-0.05, 0) is 43.3 Å². The Morgan fingerprint density at radius 2 is 2.05 bits per heavy atom. The molecule has 19 heavy (non-hydrogen) atoms. The van der Waals surface area contributed by atoms with Crippen molar-refractivity contribution in [2.24, 2.45) is 5.73 Å². The average molecular weight is 256 g/mol. The minimum absolute atomic E-state index is 0.343. The van der Waals surface area contributed by atoms with Crippen LogP contribution in [0, 0.1) is 17.1 Å². The first-order chi connectivity index (χ1) is 9.10. The van der Waals surface area contributed by atoms with Crippen LogP contribution in [0.1, 0.15) is 24.1 Å². The number of nitriles is 1. The van der Waals surface area contributed by atoms with E-state index < -0.39 is 0 Å². The molecule has 0 spiro atoms. The van der Waals surface area contributed by atoms with Crippen LogP contribution < -0.4 is 10.5 Å². The van der Waals surface area contributed by atoms with Gasteiger partial charge in [0.2, 0.25) is 0 Å². The van der Waals surface area contributed by atoms with Crippen LogP contribution in [-0.2, 0) is 0 Å². The monoisotopic (exact) mass is 256 g/mol. The van der Waals surface area contributed by atoms with Crippen molar-refractivity contribution in [3.05, 3.63) is 59.4 Å². The summed E-state index contributed by atoms with van der Waals surface area (Å²) in [5.74, 6) is 0.657. The molecule has 0 aromatic heterocycles. The topological polar surface area (TPSA) is 59.0 Å². The molecular weight excluding hydrogens is 243 g/mol. The van der Waals surface area contributed by atoms with Crippen molar-refractivity contribution in [2.75, 3.05) is 0 Å². The predicted molar refractivity (Wildman–Crippen MR) is 70.2 cm³/mol. The van der Waals surface area contributed by atoms with Crippen LogP contribution in [0.5, 0.6) is 11.5 Å². The van der Waals surface area contributed by atoms with Crippen molar-refractivity contribution in [1.29, 1.82) is 5.26 Å². The van der Waals surface area contributed by atoms with Gasteiger partial charge in [0.15, 0.2) is 0 Å². The summed E-state index contributed by atoms with van der Waals surface area (Å²) in [6.45, 7) is 1.76. The molecule has 0 radical (unpaired) electrons. The third-order valence-corrected chi connectivity index (χ3v) is 2.65. The van der Waals surface area contributed by atoms with E-state index in [1.165, 1.54) is 18.2 Å². The van der Waals surface area contributed by atoms with E-state index in [2.05, 4.69) is 0 Å². The number of rotatable bonds is 3. The summed E-state index contributed by atoms with van der Waals surface area (Å²) in [7, 11) is 0. The fourth-order valence-electron chi connectivity index (χ4n) is 1.72. The molecule has 0 saturated carbocycles. The molecule has 2 aromatic rings. The van der Waals surface area contributed by atoms with Gasteiger partial charge in [0, 0.05) is 11.6 Å². The molecule has 0 amide bonds. The highest BCUT2D eigenvalue weighted by atomic mass is 19.1. The quantitative estimate of drug-likeness (QED) is 0.914. The lowest BCUT2D eigenvalue weighted by Gasteiger charge is -2.13. The maximum atomic E-state index is 13.2. The molecule has 2 rings (SSSR count). The van der Waals surface area contributed by atoms with Gasteiger partial charge in [-0.15, -0.1) is 0 Å². The van der Waals surface area contributed by atoms with E-state index in [0.717, 1.165) is 0 Å². The van der Waals surface area contributed by atoms with E-state index in [9.17, 15) is 4.39 Å². The van der Waals surface area contributed by atoms with Crippen molar-refractivity contribution in [3.63, 3.8) is 0 Å². The molecule has 96 valence electrons. The van der Waals surface area contributed by atoms with Crippen LogP contribution in [0.25, 0.3) is 0 Å². The van der Waals surface area contributed by atoms with Gasteiger partial charge in [0.1, 0.15) is 17.3 Å². The maximum Gasteiger partial charge on any atom is 0.132 e. The van der Waals surface area contributed by atoms with E-state index in [-0.39, 0.29) is 11.9 Å². The Kier molecular flexibility index (Phi) is 3.79. The lowest BCUT2D eigenvalue weighted by molar-refractivity contribution is 0.469. The summed E-state index contributed by atoms with van der Waals surface area (Å²) in [5, 5.41) is 8.83. The molecule has 2 aromatic carbocycles. The largest absolute Gasteiger partial charge is 0.457 e. The Morgan fingerprint density at radius 3 is 2.74 bits per heavy atom. The third-order valence-electron chi connectivity index (χ3n) is 2.65. The van der Waals surface area contributed by atoms with Gasteiger partial charge in [-0.3, -0.25) is 0 Å². The highest BCUT2D eigenvalue weighted by molar-refractivity contribution is 5.42. The van der Waals surface area contributed by atoms with Crippen molar-refractivity contribution < 1.29 is 9.13 Å². The van der Waals surface area contributed by atoms with E-state index >= 15 is 0 Å². The normalized spacial score (nSPS) is 11.7. The minimum Gasteiger partial charge on any atom is -0.457 e. The van der Waals surface area contributed by atoms with Gasteiger partial charge in [-0.1, -0.05) is 6.07 Å². The first kappa shape index (κ1) is 13.1. The first-order valence-corrected chi connectivity index (χ1v) is 5.83. The molecule has 3 nitrogen and oxygen atoms in total. The number of ether oxygens (including phenoxy) is 1. The van der Waals surface area contributed by atoms with Crippen LogP contribution in [-0.4, -0.2) is 0 Å². The highest BCUT2D eigenvalue weighted by Crippen LogP contribution is 2.29. The summed E-state index contributed by atoms with van der Waals surface area (Å²) in [6.07, 6.45) is 0. The summed E-state index contributed by atoms with van der Waals surface area (Å²) < 4.78 is 18.9. The van der Waals surface area contributed by atoms with Gasteiger partial charge in [-0.2, -0.15) is 5.26 Å². The number of hydrogen-bond acceptors (Lipinski definition) is 3. The van der Waals surface area contributed by atoms with E-state index in [1.807, 2.05) is 6.07 Å². The zero-order valence-electron chi connectivity index (χ0n) is 10.4.